The van der Waals surface area contributed by atoms with Gasteiger partial charge in [0.25, 0.3) is 5.69 Å². The van der Waals surface area contributed by atoms with Crippen molar-refractivity contribution in [2.45, 2.75) is 18.7 Å². The van der Waals surface area contributed by atoms with Crippen LogP contribution < -0.4 is 5.43 Å². The van der Waals surface area contributed by atoms with Crippen molar-refractivity contribution in [1.82, 2.24) is 4.31 Å². The van der Waals surface area contributed by atoms with Crippen molar-refractivity contribution in [3.63, 3.8) is 0 Å². The average Bonchev–Trinajstić information content (AvgIpc) is 2.62. The first kappa shape index (κ1) is 21.0. The van der Waals surface area contributed by atoms with E-state index in [-0.39, 0.29) is 29.4 Å². The van der Waals surface area contributed by atoms with Gasteiger partial charge in [0.15, 0.2) is 0 Å². The predicted molar refractivity (Wildman–Crippen MR) is 109 cm³/mol. The van der Waals surface area contributed by atoms with Gasteiger partial charge in [-0.15, -0.1) is 0 Å². The number of halogens is 1. The lowest BCUT2D eigenvalue weighted by Gasteiger charge is -2.20. The van der Waals surface area contributed by atoms with Crippen molar-refractivity contribution < 1.29 is 13.3 Å². The summed E-state index contributed by atoms with van der Waals surface area (Å²) >= 11 is 3.36. The van der Waals surface area contributed by atoms with E-state index in [1.54, 1.807) is 13.8 Å². The van der Waals surface area contributed by atoms with E-state index in [1.807, 2.05) is 24.3 Å². The van der Waals surface area contributed by atoms with Crippen LogP contribution in [0.5, 0.6) is 0 Å². The van der Waals surface area contributed by atoms with E-state index in [4.69, 9.17) is 0 Å². The quantitative estimate of drug-likeness (QED) is 0.370. The van der Waals surface area contributed by atoms with E-state index >= 15 is 0 Å². The highest BCUT2D eigenvalue weighted by molar-refractivity contribution is 9.10. The molecule has 2 aromatic carbocycles. The first-order chi connectivity index (χ1) is 12.8. The molecule has 0 aliphatic carbocycles. The summed E-state index contributed by atoms with van der Waals surface area (Å²) in [6, 6.07) is 11.0. The highest BCUT2D eigenvalue weighted by Crippen LogP contribution is 2.29. The third-order valence-electron chi connectivity index (χ3n) is 3.75. The van der Waals surface area contributed by atoms with Crippen LogP contribution in [-0.4, -0.2) is 37.0 Å². The monoisotopic (exact) mass is 454 g/mol. The molecule has 0 fully saturated rings. The molecular formula is C17H19BrN4O4S. The highest BCUT2D eigenvalue weighted by atomic mass is 79.9. The number of nitro groups is 1. The molecule has 10 heteroatoms. The van der Waals surface area contributed by atoms with E-state index in [9.17, 15) is 18.5 Å². The first-order valence-corrected chi connectivity index (χ1v) is 10.4. The van der Waals surface area contributed by atoms with Crippen molar-refractivity contribution in [1.29, 1.82) is 0 Å². The highest BCUT2D eigenvalue weighted by Gasteiger charge is 2.27. The lowest BCUT2D eigenvalue weighted by molar-refractivity contribution is -0.385. The number of anilines is 1. The molecule has 0 radical (unpaired) electrons. The molecule has 2 aromatic rings. The average molecular weight is 455 g/mol. The fraction of sp³-hybridized carbons (Fsp3) is 0.235. The van der Waals surface area contributed by atoms with Gasteiger partial charge in [0.1, 0.15) is 4.90 Å². The van der Waals surface area contributed by atoms with E-state index in [1.165, 1.54) is 22.7 Å². The Hall–Kier alpha value is -2.30. The summed E-state index contributed by atoms with van der Waals surface area (Å²) in [6.07, 6.45) is 1.53. The van der Waals surface area contributed by atoms with Crippen LogP contribution >= 0.6 is 15.9 Å². The zero-order valence-electron chi connectivity index (χ0n) is 14.8. The van der Waals surface area contributed by atoms with Crippen LogP contribution in [0, 0.1) is 10.1 Å². The molecule has 0 aliphatic heterocycles. The Morgan fingerprint density at radius 3 is 2.52 bits per heavy atom. The molecule has 0 spiro atoms. The summed E-state index contributed by atoms with van der Waals surface area (Å²) in [5.41, 5.74) is 3.34. The third-order valence-corrected chi connectivity index (χ3v) is 6.33. The van der Waals surface area contributed by atoms with Gasteiger partial charge in [-0.3, -0.25) is 15.5 Å². The zero-order valence-corrected chi connectivity index (χ0v) is 17.2. The van der Waals surface area contributed by atoms with Gasteiger partial charge >= 0.3 is 0 Å². The Kier molecular flexibility index (Phi) is 7.05. The van der Waals surface area contributed by atoms with Gasteiger partial charge in [-0.1, -0.05) is 41.9 Å². The van der Waals surface area contributed by atoms with E-state index in [0.717, 1.165) is 16.1 Å². The molecule has 0 heterocycles. The minimum absolute atomic E-state index is 0.166. The minimum atomic E-state index is -3.90. The maximum atomic E-state index is 12.9. The Labute approximate surface area is 166 Å². The SMILES string of the molecule is CCN(CC)S(=O)(=O)c1cc([N+](=O)[O-])ccc1N/N=C\c1cccc(Br)c1. The molecular weight excluding hydrogens is 436 g/mol. The number of nitrogens with zero attached hydrogens (tertiary/aromatic N) is 3. The first-order valence-electron chi connectivity index (χ1n) is 8.12. The van der Waals surface area contributed by atoms with Crippen molar-refractivity contribution >= 4 is 43.5 Å². The van der Waals surface area contributed by atoms with Gasteiger partial charge in [0, 0.05) is 29.7 Å². The van der Waals surface area contributed by atoms with Gasteiger partial charge in [-0.05, 0) is 23.8 Å². The Morgan fingerprint density at radius 2 is 1.93 bits per heavy atom. The van der Waals surface area contributed by atoms with Crippen molar-refractivity contribution in [3.8, 4) is 0 Å². The van der Waals surface area contributed by atoms with E-state index < -0.39 is 14.9 Å². The van der Waals surface area contributed by atoms with Crippen molar-refractivity contribution in [3.05, 3.63) is 62.6 Å². The lowest BCUT2D eigenvalue weighted by atomic mass is 10.2. The minimum Gasteiger partial charge on any atom is -0.277 e. The Bertz CT molecular complexity index is 959. The second-order valence-corrected chi connectivity index (χ2v) is 8.27. The number of sulfonamides is 1. The van der Waals surface area contributed by atoms with E-state index in [2.05, 4.69) is 26.5 Å². The molecule has 0 atom stereocenters. The van der Waals surface area contributed by atoms with Crippen LogP contribution in [0.25, 0.3) is 0 Å². The van der Waals surface area contributed by atoms with Crippen LogP contribution in [0.1, 0.15) is 19.4 Å². The summed E-state index contributed by atoms with van der Waals surface area (Å²) in [6.45, 7) is 3.92. The molecule has 0 aromatic heterocycles. The van der Waals surface area contributed by atoms with Gasteiger partial charge in [-0.2, -0.15) is 9.41 Å². The molecule has 0 unspecified atom stereocenters. The molecule has 0 bridgehead atoms. The zero-order chi connectivity index (χ0) is 20.0. The number of nitrogens with one attached hydrogen (secondary N) is 1. The summed E-state index contributed by atoms with van der Waals surface area (Å²) in [5, 5.41) is 15.1. The number of non-ortho nitro benzene ring substituents is 1. The summed E-state index contributed by atoms with van der Waals surface area (Å²) in [4.78, 5) is 10.3. The standard InChI is InChI=1S/C17H19BrN4O4S/c1-3-21(4-2)27(25,26)17-11-15(22(23)24)8-9-16(17)20-19-12-13-6-5-7-14(18)10-13/h5-12,20H,3-4H2,1-2H3/b19-12-. The van der Waals surface area contributed by atoms with Gasteiger partial charge in [-0.25, -0.2) is 8.42 Å². The number of hydrazone groups is 1. The smallest absolute Gasteiger partial charge is 0.270 e. The summed E-state index contributed by atoms with van der Waals surface area (Å²) in [7, 11) is -3.90. The molecule has 144 valence electrons. The number of hydrogen-bond acceptors (Lipinski definition) is 6. The molecule has 1 N–H and O–H groups in total. The molecule has 0 saturated carbocycles. The topological polar surface area (TPSA) is 105 Å². The number of benzene rings is 2. The van der Waals surface area contributed by atoms with Crippen LogP contribution in [0.15, 0.2) is 56.9 Å². The molecule has 27 heavy (non-hydrogen) atoms. The second kappa shape index (κ2) is 9.07. The fourth-order valence-electron chi connectivity index (χ4n) is 2.40. The van der Waals surface area contributed by atoms with Gasteiger partial charge in [0.05, 0.1) is 16.8 Å². The maximum absolute atomic E-state index is 12.9. The summed E-state index contributed by atoms with van der Waals surface area (Å²) < 4.78 is 27.9. The fourth-order valence-corrected chi connectivity index (χ4v) is 4.43. The van der Waals surface area contributed by atoms with E-state index in [0.29, 0.717) is 0 Å². The van der Waals surface area contributed by atoms with Crippen molar-refractivity contribution in [2.75, 3.05) is 18.5 Å². The largest absolute Gasteiger partial charge is 0.277 e. The predicted octanol–water partition coefficient (Wildman–Crippen LogP) is 3.83. The molecule has 0 saturated heterocycles. The van der Waals surface area contributed by atoms with Gasteiger partial charge < -0.3 is 0 Å². The second-order valence-electron chi connectivity index (χ2n) is 5.45. The van der Waals surface area contributed by atoms with Crippen LogP contribution in [0.2, 0.25) is 0 Å². The Balaban J connectivity index is 2.42. The molecule has 8 nitrogen and oxygen atoms in total. The van der Waals surface area contributed by atoms with Crippen LogP contribution in [-0.2, 0) is 10.0 Å². The normalized spacial score (nSPS) is 11.9. The lowest BCUT2D eigenvalue weighted by Crippen LogP contribution is -2.31. The van der Waals surface area contributed by atoms with Crippen LogP contribution in [0.3, 0.4) is 0 Å². The summed E-state index contributed by atoms with van der Waals surface area (Å²) in [5.74, 6) is 0. The molecule has 0 aliphatic rings. The molecule has 0 amide bonds. The van der Waals surface area contributed by atoms with Crippen molar-refractivity contribution in [2.24, 2.45) is 5.10 Å². The van der Waals surface area contributed by atoms with Crippen LogP contribution in [0.4, 0.5) is 11.4 Å². The number of nitro benzene ring substituents is 1. The Morgan fingerprint density at radius 1 is 1.22 bits per heavy atom. The maximum Gasteiger partial charge on any atom is 0.270 e. The number of hydrogen-bond donors (Lipinski definition) is 1. The third kappa shape index (κ3) is 5.12. The molecule has 2 rings (SSSR count). The van der Waals surface area contributed by atoms with Gasteiger partial charge in [0.2, 0.25) is 10.0 Å². The number of rotatable bonds is 8.